The summed E-state index contributed by atoms with van der Waals surface area (Å²) in [5.41, 5.74) is 6.92. The number of hydrogen-bond donors (Lipinski definition) is 2. The molecule has 1 rings (SSSR count). The van der Waals surface area contributed by atoms with E-state index in [0.717, 1.165) is 27.9 Å². The van der Waals surface area contributed by atoms with Crippen LogP contribution < -0.4 is 11.1 Å². The van der Waals surface area contributed by atoms with Gasteiger partial charge in [-0.1, -0.05) is 28.9 Å². The fourth-order valence-corrected chi connectivity index (χ4v) is 3.09. The highest BCUT2D eigenvalue weighted by molar-refractivity contribution is 9.10. The minimum absolute atomic E-state index is 0.00581. The predicted molar refractivity (Wildman–Crippen MR) is 80.8 cm³/mol. The molecule has 0 heterocycles. The van der Waals surface area contributed by atoms with Crippen molar-refractivity contribution in [3.05, 3.63) is 28.2 Å². The average Bonchev–Trinajstić information content (AvgIpc) is 2.33. The van der Waals surface area contributed by atoms with Crippen LogP contribution in [-0.4, -0.2) is 18.2 Å². The van der Waals surface area contributed by atoms with E-state index in [2.05, 4.69) is 21.2 Å². The number of carbonyl (C=O) groups excluding carboxylic acids is 1. The van der Waals surface area contributed by atoms with Gasteiger partial charge < -0.3 is 11.1 Å². The summed E-state index contributed by atoms with van der Waals surface area (Å²) in [5.74, 6) is 0.526. The smallest absolute Gasteiger partial charge is 0.230 e. The molecule has 0 saturated carbocycles. The van der Waals surface area contributed by atoms with Gasteiger partial charge in [0.05, 0.1) is 5.75 Å². The molecule has 0 fully saturated rings. The summed E-state index contributed by atoms with van der Waals surface area (Å²) in [4.78, 5) is 12.5. The van der Waals surface area contributed by atoms with Crippen LogP contribution in [0.15, 0.2) is 27.6 Å². The van der Waals surface area contributed by atoms with E-state index in [1.807, 2.05) is 32.0 Å². The lowest BCUT2D eigenvalue weighted by Gasteiger charge is -2.10. The van der Waals surface area contributed by atoms with Gasteiger partial charge >= 0.3 is 0 Å². The van der Waals surface area contributed by atoms with Crippen LogP contribution >= 0.6 is 27.7 Å². The van der Waals surface area contributed by atoms with E-state index in [9.17, 15) is 4.79 Å². The van der Waals surface area contributed by atoms with E-state index < -0.39 is 0 Å². The molecule has 0 saturated heterocycles. The first-order chi connectivity index (χ1) is 8.54. The number of nitrogens with two attached hydrogens (primary N) is 1. The Balaban J connectivity index is 2.53. The molecule has 0 aliphatic carbocycles. The van der Waals surface area contributed by atoms with Crippen LogP contribution in [0.25, 0.3) is 0 Å². The molecule has 0 spiro atoms. The van der Waals surface area contributed by atoms with Crippen LogP contribution in [0.5, 0.6) is 0 Å². The molecule has 3 nitrogen and oxygen atoms in total. The maximum Gasteiger partial charge on any atom is 0.230 e. The van der Waals surface area contributed by atoms with Crippen LogP contribution in [0.1, 0.15) is 31.9 Å². The van der Waals surface area contributed by atoms with E-state index >= 15 is 0 Å². The van der Waals surface area contributed by atoms with Crippen molar-refractivity contribution in [1.29, 1.82) is 0 Å². The van der Waals surface area contributed by atoms with Gasteiger partial charge in [0, 0.05) is 22.0 Å². The van der Waals surface area contributed by atoms with Crippen molar-refractivity contribution in [1.82, 2.24) is 5.32 Å². The molecule has 0 radical (unpaired) electrons. The Morgan fingerprint density at radius 3 is 2.83 bits per heavy atom. The lowest BCUT2D eigenvalue weighted by molar-refractivity contribution is -0.118. The second kappa shape index (κ2) is 7.81. The molecule has 0 aliphatic rings. The second-order valence-corrected chi connectivity index (χ2v) is 6.01. The third-order valence-corrected chi connectivity index (χ3v) is 4.09. The average molecular weight is 331 g/mol. The molecule has 0 aliphatic heterocycles. The summed E-state index contributed by atoms with van der Waals surface area (Å²) in [6.45, 7) is 4.73. The molecule has 3 N–H and O–H groups in total. The SMILES string of the molecule is CCCNC(=O)CSc1ccc(C(C)N)c(Br)c1. The minimum Gasteiger partial charge on any atom is -0.355 e. The molecule has 18 heavy (non-hydrogen) atoms. The van der Waals surface area contributed by atoms with Gasteiger partial charge in [-0.2, -0.15) is 0 Å². The summed E-state index contributed by atoms with van der Waals surface area (Å²) in [6, 6.07) is 6.02. The van der Waals surface area contributed by atoms with Crippen molar-refractivity contribution in [2.45, 2.75) is 31.2 Å². The first kappa shape index (κ1) is 15.5. The van der Waals surface area contributed by atoms with Gasteiger partial charge in [-0.3, -0.25) is 4.79 Å². The summed E-state index contributed by atoms with van der Waals surface area (Å²) < 4.78 is 0.997. The highest BCUT2D eigenvalue weighted by atomic mass is 79.9. The van der Waals surface area contributed by atoms with E-state index in [1.54, 1.807) is 0 Å². The highest BCUT2D eigenvalue weighted by Gasteiger charge is 2.07. The van der Waals surface area contributed by atoms with Crippen molar-refractivity contribution >= 4 is 33.6 Å². The Hall–Kier alpha value is -0.520. The third kappa shape index (κ3) is 5.00. The lowest BCUT2D eigenvalue weighted by atomic mass is 10.1. The van der Waals surface area contributed by atoms with Crippen molar-refractivity contribution in [2.24, 2.45) is 5.73 Å². The Labute approximate surface area is 121 Å². The Morgan fingerprint density at radius 1 is 1.56 bits per heavy atom. The fourth-order valence-electron chi connectivity index (χ4n) is 1.43. The largest absolute Gasteiger partial charge is 0.355 e. The van der Waals surface area contributed by atoms with Crippen molar-refractivity contribution in [3.63, 3.8) is 0 Å². The van der Waals surface area contributed by atoms with Crippen LogP contribution in [0, 0.1) is 0 Å². The number of benzene rings is 1. The molecule has 5 heteroatoms. The molecule has 100 valence electrons. The Kier molecular flexibility index (Phi) is 6.75. The molecule has 1 amide bonds. The van der Waals surface area contributed by atoms with Gasteiger partial charge in [0.15, 0.2) is 0 Å². The Morgan fingerprint density at radius 2 is 2.28 bits per heavy atom. The summed E-state index contributed by atoms with van der Waals surface area (Å²) in [7, 11) is 0. The first-order valence-electron chi connectivity index (χ1n) is 5.99. The van der Waals surface area contributed by atoms with Crippen molar-refractivity contribution in [3.8, 4) is 0 Å². The zero-order valence-corrected chi connectivity index (χ0v) is 13.1. The van der Waals surface area contributed by atoms with Gasteiger partial charge in [-0.15, -0.1) is 11.8 Å². The zero-order chi connectivity index (χ0) is 13.5. The number of halogens is 1. The fraction of sp³-hybridized carbons (Fsp3) is 0.462. The monoisotopic (exact) mass is 330 g/mol. The number of hydrogen-bond acceptors (Lipinski definition) is 3. The molecule has 1 aromatic rings. The number of nitrogens with one attached hydrogen (secondary N) is 1. The predicted octanol–water partition coefficient (Wildman–Crippen LogP) is 3.09. The van der Waals surface area contributed by atoms with Gasteiger partial charge in [0.25, 0.3) is 0 Å². The Bertz CT molecular complexity index is 410. The molecular formula is C13H19BrN2OS. The van der Waals surface area contributed by atoms with Crippen LogP contribution in [-0.2, 0) is 4.79 Å². The number of amides is 1. The van der Waals surface area contributed by atoms with Gasteiger partial charge in [0.2, 0.25) is 5.91 Å². The van der Waals surface area contributed by atoms with Crippen LogP contribution in [0.3, 0.4) is 0 Å². The van der Waals surface area contributed by atoms with Gasteiger partial charge in [0.1, 0.15) is 0 Å². The molecule has 0 aromatic heterocycles. The van der Waals surface area contributed by atoms with Crippen LogP contribution in [0.4, 0.5) is 0 Å². The van der Waals surface area contributed by atoms with Crippen molar-refractivity contribution in [2.75, 3.05) is 12.3 Å². The van der Waals surface area contributed by atoms with E-state index in [1.165, 1.54) is 11.8 Å². The molecule has 1 aromatic carbocycles. The molecule has 1 atom stereocenters. The summed E-state index contributed by atoms with van der Waals surface area (Å²) in [5, 5.41) is 2.86. The highest BCUT2D eigenvalue weighted by Crippen LogP contribution is 2.27. The van der Waals surface area contributed by atoms with E-state index in [0.29, 0.717) is 5.75 Å². The first-order valence-corrected chi connectivity index (χ1v) is 7.77. The molecule has 0 bridgehead atoms. The van der Waals surface area contributed by atoms with E-state index in [-0.39, 0.29) is 11.9 Å². The third-order valence-electron chi connectivity index (χ3n) is 2.40. The quantitative estimate of drug-likeness (QED) is 0.788. The van der Waals surface area contributed by atoms with Gasteiger partial charge in [-0.05, 0) is 31.0 Å². The standard InChI is InChI=1S/C13H19BrN2OS/c1-3-6-16-13(17)8-18-10-4-5-11(9(2)15)12(14)7-10/h4-5,7,9H,3,6,8,15H2,1-2H3,(H,16,17). The van der Waals surface area contributed by atoms with Crippen LogP contribution in [0.2, 0.25) is 0 Å². The molecular weight excluding hydrogens is 312 g/mol. The summed E-state index contributed by atoms with van der Waals surface area (Å²) >= 11 is 5.03. The van der Waals surface area contributed by atoms with E-state index in [4.69, 9.17) is 5.73 Å². The maximum absolute atomic E-state index is 11.5. The number of rotatable bonds is 6. The number of thioether (sulfide) groups is 1. The maximum atomic E-state index is 11.5. The number of carbonyl (C=O) groups is 1. The molecule has 1 unspecified atom stereocenters. The minimum atomic E-state index is 0.00581. The zero-order valence-electron chi connectivity index (χ0n) is 10.7. The van der Waals surface area contributed by atoms with Gasteiger partial charge in [-0.25, -0.2) is 0 Å². The second-order valence-electron chi connectivity index (χ2n) is 4.11. The normalized spacial score (nSPS) is 12.2. The van der Waals surface area contributed by atoms with Crippen molar-refractivity contribution < 1.29 is 4.79 Å². The lowest BCUT2D eigenvalue weighted by Crippen LogP contribution is -2.25. The summed E-state index contributed by atoms with van der Waals surface area (Å²) in [6.07, 6.45) is 0.963. The topological polar surface area (TPSA) is 55.1 Å².